The van der Waals surface area contributed by atoms with Crippen LogP contribution in [-0.4, -0.2) is 19.3 Å². The van der Waals surface area contributed by atoms with Gasteiger partial charge in [-0.1, -0.05) is 19.8 Å². The number of methoxy groups -OCH3 is 2. The van der Waals surface area contributed by atoms with Crippen molar-refractivity contribution in [2.24, 2.45) is 0 Å². The molecular weight excluding hydrogens is 204 g/mol. The number of rotatable bonds is 6. The smallest absolute Gasteiger partial charge is 0.161 e. The molecule has 3 nitrogen and oxygen atoms in total. The molecular formula is C13H20O3. The summed E-state index contributed by atoms with van der Waals surface area (Å²) in [6.07, 6.45) is 4.47. The molecule has 0 spiro atoms. The van der Waals surface area contributed by atoms with Crippen molar-refractivity contribution in [2.45, 2.75) is 32.6 Å². The lowest BCUT2D eigenvalue weighted by molar-refractivity contribution is 0.363. The van der Waals surface area contributed by atoms with Gasteiger partial charge in [-0.2, -0.15) is 0 Å². The average molecular weight is 224 g/mol. The summed E-state index contributed by atoms with van der Waals surface area (Å²) in [6, 6.07) is 3.46. The lowest BCUT2D eigenvalue weighted by Gasteiger charge is -2.11. The van der Waals surface area contributed by atoms with Crippen LogP contribution < -0.4 is 9.47 Å². The molecule has 1 rings (SSSR count). The highest BCUT2D eigenvalue weighted by molar-refractivity contribution is 5.49. The maximum absolute atomic E-state index is 9.61. The summed E-state index contributed by atoms with van der Waals surface area (Å²) in [6.45, 7) is 2.18. The second-order valence-corrected chi connectivity index (χ2v) is 3.79. The Labute approximate surface area is 97.0 Å². The Morgan fingerprint density at radius 1 is 1.06 bits per heavy atom. The van der Waals surface area contributed by atoms with Gasteiger partial charge < -0.3 is 14.6 Å². The average Bonchev–Trinajstić information content (AvgIpc) is 2.30. The Morgan fingerprint density at radius 3 is 2.31 bits per heavy atom. The summed E-state index contributed by atoms with van der Waals surface area (Å²) >= 11 is 0. The first kappa shape index (κ1) is 12.7. The van der Waals surface area contributed by atoms with Crippen LogP contribution in [0.4, 0.5) is 0 Å². The number of benzene rings is 1. The number of aromatic hydroxyl groups is 1. The van der Waals surface area contributed by atoms with Crippen molar-refractivity contribution in [3.05, 3.63) is 17.7 Å². The molecule has 0 atom stereocenters. The van der Waals surface area contributed by atoms with Gasteiger partial charge >= 0.3 is 0 Å². The van der Waals surface area contributed by atoms with Crippen LogP contribution in [-0.2, 0) is 6.42 Å². The fraction of sp³-hybridized carbons (Fsp3) is 0.538. The third kappa shape index (κ3) is 3.05. The maximum Gasteiger partial charge on any atom is 0.161 e. The van der Waals surface area contributed by atoms with Crippen LogP contribution >= 0.6 is 0 Å². The molecule has 0 heterocycles. The van der Waals surface area contributed by atoms with E-state index in [0.717, 1.165) is 24.2 Å². The first-order valence-electron chi connectivity index (χ1n) is 5.66. The van der Waals surface area contributed by atoms with E-state index in [4.69, 9.17) is 9.47 Å². The first-order valence-corrected chi connectivity index (χ1v) is 5.66. The van der Waals surface area contributed by atoms with Gasteiger partial charge in [-0.3, -0.25) is 0 Å². The van der Waals surface area contributed by atoms with E-state index in [1.807, 2.05) is 6.07 Å². The highest BCUT2D eigenvalue weighted by atomic mass is 16.5. The molecule has 3 heteroatoms. The largest absolute Gasteiger partial charge is 0.504 e. The van der Waals surface area contributed by atoms with E-state index in [-0.39, 0.29) is 5.75 Å². The predicted octanol–water partition coefficient (Wildman–Crippen LogP) is 3.14. The first-order chi connectivity index (χ1) is 7.72. The summed E-state index contributed by atoms with van der Waals surface area (Å²) in [5, 5.41) is 9.61. The molecule has 16 heavy (non-hydrogen) atoms. The molecule has 0 radical (unpaired) electrons. The molecule has 0 fully saturated rings. The summed E-state index contributed by atoms with van der Waals surface area (Å²) in [5.41, 5.74) is 1.09. The SMILES string of the molecule is CCCCCc1cc(OC)c(O)cc1OC. The van der Waals surface area contributed by atoms with Gasteiger partial charge in [0.1, 0.15) is 5.75 Å². The quantitative estimate of drug-likeness (QED) is 0.754. The fourth-order valence-corrected chi connectivity index (χ4v) is 1.71. The summed E-state index contributed by atoms with van der Waals surface area (Å²) in [5.74, 6) is 1.36. The third-order valence-corrected chi connectivity index (χ3v) is 2.63. The lowest BCUT2D eigenvalue weighted by atomic mass is 10.1. The lowest BCUT2D eigenvalue weighted by Crippen LogP contribution is -1.94. The number of aryl methyl sites for hydroxylation is 1. The van der Waals surface area contributed by atoms with Gasteiger partial charge in [-0.25, -0.2) is 0 Å². The monoisotopic (exact) mass is 224 g/mol. The molecule has 0 aromatic heterocycles. The van der Waals surface area contributed by atoms with E-state index in [1.54, 1.807) is 20.3 Å². The number of hydrogen-bond donors (Lipinski definition) is 1. The Hall–Kier alpha value is -1.38. The number of unbranched alkanes of at least 4 members (excludes halogenated alkanes) is 2. The molecule has 90 valence electrons. The van der Waals surface area contributed by atoms with Gasteiger partial charge in [0.25, 0.3) is 0 Å². The van der Waals surface area contributed by atoms with Gasteiger partial charge in [0.15, 0.2) is 11.5 Å². The standard InChI is InChI=1S/C13H20O3/c1-4-5-6-7-10-8-13(16-3)11(14)9-12(10)15-2/h8-9,14H,4-7H2,1-3H3. The minimum Gasteiger partial charge on any atom is -0.504 e. The molecule has 1 aromatic carbocycles. The van der Waals surface area contributed by atoms with Gasteiger partial charge in [0.2, 0.25) is 0 Å². The molecule has 1 N–H and O–H groups in total. The van der Waals surface area contributed by atoms with Crippen molar-refractivity contribution in [1.29, 1.82) is 0 Å². The van der Waals surface area contributed by atoms with Gasteiger partial charge in [-0.15, -0.1) is 0 Å². The zero-order chi connectivity index (χ0) is 12.0. The van der Waals surface area contributed by atoms with Crippen LogP contribution in [0.5, 0.6) is 17.2 Å². The van der Waals surface area contributed by atoms with E-state index >= 15 is 0 Å². The fourth-order valence-electron chi connectivity index (χ4n) is 1.71. The molecule has 0 aliphatic rings. The zero-order valence-electron chi connectivity index (χ0n) is 10.2. The number of phenolic OH excluding ortho intramolecular Hbond substituents is 1. The van der Waals surface area contributed by atoms with Crippen molar-refractivity contribution in [2.75, 3.05) is 14.2 Å². The van der Waals surface area contributed by atoms with Crippen LogP contribution in [0, 0.1) is 0 Å². The highest BCUT2D eigenvalue weighted by Gasteiger charge is 2.09. The molecule has 0 saturated carbocycles. The van der Waals surface area contributed by atoms with E-state index in [1.165, 1.54) is 12.8 Å². The molecule has 0 amide bonds. The normalized spacial score (nSPS) is 10.2. The molecule has 0 aliphatic carbocycles. The van der Waals surface area contributed by atoms with Gasteiger partial charge in [0.05, 0.1) is 14.2 Å². The molecule has 0 bridgehead atoms. The summed E-state index contributed by atoms with van der Waals surface area (Å²) in [4.78, 5) is 0. The minimum absolute atomic E-state index is 0.124. The molecule has 0 saturated heterocycles. The second-order valence-electron chi connectivity index (χ2n) is 3.79. The Bertz CT molecular complexity index is 334. The minimum atomic E-state index is 0.124. The Kier molecular flexibility index (Phi) is 4.96. The van der Waals surface area contributed by atoms with E-state index in [9.17, 15) is 5.11 Å². The molecule has 0 aliphatic heterocycles. The van der Waals surface area contributed by atoms with E-state index < -0.39 is 0 Å². The Balaban J connectivity index is 2.86. The van der Waals surface area contributed by atoms with Crippen LogP contribution in [0.25, 0.3) is 0 Å². The van der Waals surface area contributed by atoms with Crippen molar-refractivity contribution in [3.63, 3.8) is 0 Å². The maximum atomic E-state index is 9.61. The van der Waals surface area contributed by atoms with Gasteiger partial charge in [-0.05, 0) is 24.5 Å². The van der Waals surface area contributed by atoms with Crippen LogP contribution in [0.1, 0.15) is 31.7 Å². The summed E-state index contributed by atoms with van der Waals surface area (Å²) in [7, 11) is 3.17. The summed E-state index contributed by atoms with van der Waals surface area (Å²) < 4.78 is 10.3. The van der Waals surface area contributed by atoms with Crippen molar-refractivity contribution < 1.29 is 14.6 Å². The molecule has 1 aromatic rings. The number of phenols is 1. The van der Waals surface area contributed by atoms with Crippen LogP contribution in [0.2, 0.25) is 0 Å². The van der Waals surface area contributed by atoms with Crippen molar-refractivity contribution >= 4 is 0 Å². The van der Waals surface area contributed by atoms with E-state index in [2.05, 4.69) is 6.92 Å². The van der Waals surface area contributed by atoms with Crippen LogP contribution in [0.15, 0.2) is 12.1 Å². The van der Waals surface area contributed by atoms with Crippen molar-refractivity contribution in [1.82, 2.24) is 0 Å². The van der Waals surface area contributed by atoms with E-state index in [0.29, 0.717) is 5.75 Å². The number of ether oxygens (including phenoxy) is 2. The van der Waals surface area contributed by atoms with Crippen LogP contribution in [0.3, 0.4) is 0 Å². The predicted molar refractivity (Wildman–Crippen MR) is 64.4 cm³/mol. The number of hydrogen-bond acceptors (Lipinski definition) is 3. The topological polar surface area (TPSA) is 38.7 Å². The van der Waals surface area contributed by atoms with Crippen molar-refractivity contribution in [3.8, 4) is 17.2 Å². The second kappa shape index (κ2) is 6.26. The molecule has 0 unspecified atom stereocenters. The zero-order valence-corrected chi connectivity index (χ0v) is 10.2. The third-order valence-electron chi connectivity index (χ3n) is 2.63. The highest BCUT2D eigenvalue weighted by Crippen LogP contribution is 2.34. The van der Waals surface area contributed by atoms with Gasteiger partial charge in [0, 0.05) is 6.07 Å². The Morgan fingerprint density at radius 2 is 1.75 bits per heavy atom.